The highest BCUT2D eigenvalue weighted by Gasteiger charge is 2.53. The summed E-state index contributed by atoms with van der Waals surface area (Å²) in [6.45, 7) is -2.24. The van der Waals surface area contributed by atoms with Gasteiger partial charge < -0.3 is 73.7 Å². The molecule has 44 heavy (non-hydrogen) atoms. The normalized spacial score (nSPS) is 30.4. The third-order valence-corrected chi connectivity index (χ3v) is 7.51. The van der Waals surface area contributed by atoms with E-state index >= 15 is 0 Å². The van der Waals surface area contributed by atoms with Crippen LogP contribution < -0.4 is 19.6 Å². The minimum atomic E-state index is -2.10. The molecule has 3 heterocycles. The SMILES string of the molecule is COc1cc(O)c2c(=O)c(O[C@@H]3O[C@H](CO)[C@@H](O)[C@H](O)[C@H]3O[C@@H]3OC[C@](O)(CO)[C@H]3O)c(-c3ccc(OC)c(O)c3)oc2c1. The van der Waals surface area contributed by atoms with Crippen LogP contribution in [-0.2, 0) is 14.2 Å². The van der Waals surface area contributed by atoms with E-state index in [2.05, 4.69) is 0 Å². The molecule has 0 spiro atoms. The van der Waals surface area contributed by atoms with E-state index in [9.17, 15) is 45.6 Å². The van der Waals surface area contributed by atoms with Crippen LogP contribution in [0.3, 0.4) is 0 Å². The van der Waals surface area contributed by atoms with Crippen molar-refractivity contribution in [1.29, 1.82) is 0 Å². The molecule has 8 N–H and O–H groups in total. The van der Waals surface area contributed by atoms with Gasteiger partial charge in [-0.05, 0) is 18.2 Å². The summed E-state index contributed by atoms with van der Waals surface area (Å²) in [5, 5.41) is 82.4. The minimum Gasteiger partial charge on any atom is -0.507 e. The number of aromatic hydroxyl groups is 2. The number of hydrogen-bond acceptors (Lipinski definition) is 16. The monoisotopic (exact) mass is 624 g/mol. The van der Waals surface area contributed by atoms with Crippen LogP contribution in [0.25, 0.3) is 22.3 Å². The molecule has 8 atom stereocenters. The van der Waals surface area contributed by atoms with Gasteiger partial charge in [0, 0.05) is 17.7 Å². The van der Waals surface area contributed by atoms with Crippen LogP contribution in [-0.4, -0.2) is 124 Å². The molecule has 240 valence electrons. The van der Waals surface area contributed by atoms with Crippen LogP contribution in [0.1, 0.15) is 0 Å². The van der Waals surface area contributed by atoms with Crippen molar-refractivity contribution in [2.75, 3.05) is 34.0 Å². The molecule has 2 aliphatic rings. The Morgan fingerprint density at radius 3 is 2.34 bits per heavy atom. The number of methoxy groups -OCH3 is 2. The number of fused-ring (bicyclic) bond motifs is 1. The number of ether oxygens (including phenoxy) is 6. The van der Waals surface area contributed by atoms with Crippen LogP contribution in [0.2, 0.25) is 0 Å². The zero-order valence-corrected chi connectivity index (χ0v) is 23.4. The first kappa shape index (κ1) is 31.7. The maximum atomic E-state index is 13.9. The summed E-state index contributed by atoms with van der Waals surface area (Å²) in [6, 6.07) is 6.51. The molecule has 3 aromatic rings. The van der Waals surface area contributed by atoms with Crippen molar-refractivity contribution < 1.29 is 73.7 Å². The molecule has 0 saturated carbocycles. The Hall–Kier alpha value is -3.71. The summed E-state index contributed by atoms with van der Waals surface area (Å²) < 4.78 is 38.7. The van der Waals surface area contributed by atoms with E-state index in [1.165, 1.54) is 38.5 Å². The van der Waals surface area contributed by atoms with Crippen LogP contribution in [0, 0.1) is 0 Å². The fourth-order valence-electron chi connectivity index (χ4n) is 4.98. The predicted molar refractivity (Wildman–Crippen MR) is 145 cm³/mol. The standard InChI is InChI=1S/C28H32O16/c1-38-12-6-14(32)18-16(7-12)41-22(11-3-4-15(39-2)13(31)5-11)23(20(18)34)43-26-24(21(35)19(33)17(8-29)42-26)44-27-25(36)28(37,9-30)10-40-27/h3-7,17,19,21,24-27,29-33,35-37H,8-10H2,1-2H3/t17-,19-,21+,24-,25+,26+,27+,28-/m1/s1. The Bertz CT molecular complexity index is 1560. The molecule has 0 bridgehead atoms. The van der Waals surface area contributed by atoms with Crippen LogP contribution in [0.4, 0.5) is 0 Å². The lowest BCUT2D eigenvalue weighted by Crippen LogP contribution is -2.62. The predicted octanol–water partition coefficient (Wildman–Crippen LogP) is -1.47. The third kappa shape index (κ3) is 5.51. The number of hydrogen-bond donors (Lipinski definition) is 8. The summed E-state index contributed by atoms with van der Waals surface area (Å²) in [7, 11) is 2.67. The number of aliphatic hydroxyl groups excluding tert-OH is 5. The maximum absolute atomic E-state index is 13.9. The molecular formula is C28H32O16. The zero-order chi connectivity index (χ0) is 31.9. The van der Waals surface area contributed by atoms with E-state index < -0.39 is 85.4 Å². The van der Waals surface area contributed by atoms with Crippen molar-refractivity contribution >= 4 is 11.0 Å². The van der Waals surface area contributed by atoms with Gasteiger partial charge in [0.1, 0.15) is 52.5 Å². The van der Waals surface area contributed by atoms with Gasteiger partial charge in [0.2, 0.25) is 17.5 Å². The van der Waals surface area contributed by atoms with Crippen molar-refractivity contribution in [2.24, 2.45) is 0 Å². The minimum absolute atomic E-state index is 0.0923. The Kier molecular flexibility index (Phi) is 8.90. The third-order valence-electron chi connectivity index (χ3n) is 7.51. The van der Waals surface area contributed by atoms with Crippen molar-refractivity contribution in [3.8, 4) is 40.1 Å². The second-order valence-corrected chi connectivity index (χ2v) is 10.3. The highest BCUT2D eigenvalue weighted by atomic mass is 16.8. The number of phenols is 2. The van der Waals surface area contributed by atoms with E-state index in [1.807, 2.05) is 0 Å². The number of rotatable bonds is 9. The van der Waals surface area contributed by atoms with Gasteiger partial charge in [0.15, 0.2) is 29.7 Å². The van der Waals surface area contributed by atoms with E-state index in [-0.39, 0.29) is 39.5 Å². The Labute approximate surface area is 248 Å². The molecule has 2 aliphatic heterocycles. The Morgan fingerprint density at radius 2 is 1.73 bits per heavy atom. The van der Waals surface area contributed by atoms with E-state index in [0.717, 1.165) is 6.07 Å². The molecular weight excluding hydrogens is 592 g/mol. The lowest BCUT2D eigenvalue weighted by Gasteiger charge is -2.42. The lowest BCUT2D eigenvalue weighted by atomic mass is 9.98. The second-order valence-electron chi connectivity index (χ2n) is 10.3. The summed E-state index contributed by atoms with van der Waals surface area (Å²) in [5.74, 6) is -1.51. The quantitative estimate of drug-likeness (QED) is 0.135. The average molecular weight is 625 g/mol. The van der Waals surface area contributed by atoms with Crippen LogP contribution in [0.15, 0.2) is 39.5 Å². The summed E-state index contributed by atoms with van der Waals surface area (Å²) in [5.41, 5.74) is -3.08. The second kappa shape index (κ2) is 12.4. The van der Waals surface area contributed by atoms with Crippen molar-refractivity contribution in [2.45, 2.75) is 48.7 Å². The average Bonchev–Trinajstić information content (AvgIpc) is 3.30. The molecule has 0 unspecified atom stereocenters. The van der Waals surface area contributed by atoms with Crippen molar-refractivity contribution in [3.63, 3.8) is 0 Å². The molecule has 2 saturated heterocycles. The zero-order valence-electron chi connectivity index (χ0n) is 23.4. The number of aliphatic hydroxyl groups is 6. The fourth-order valence-corrected chi connectivity index (χ4v) is 4.98. The molecule has 0 amide bonds. The molecule has 16 nitrogen and oxygen atoms in total. The first-order valence-electron chi connectivity index (χ1n) is 13.3. The molecule has 1 aromatic heterocycles. The molecule has 2 aromatic carbocycles. The molecule has 2 fully saturated rings. The van der Waals surface area contributed by atoms with Gasteiger partial charge in [-0.2, -0.15) is 0 Å². The van der Waals surface area contributed by atoms with Gasteiger partial charge in [0.25, 0.3) is 0 Å². The van der Waals surface area contributed by atoms with Gasteiger partial charge in [-0.1, -0.05) is 0 Å². The maximum Gasteiger partial charge on any atom is 0.239 e. The highest BCUT2D eigenvalue weighted by Crippen LogP contribution is 2.40. The summed E-state index contributed by atoms with van der Waals surface area (Å²) in [4.78, 5) is 13.9. The van der Waals surface area contributed by atoms with Gasteiger partial charge in [0.05, 0.1) is 34.0 Å². The summed E-state index contributed by atoms with van der Waals surface area (Å²) in [6.07, 6.45) is -12.1. The molecule has 16 heteroatoms. The first-order chi connectivity index (χ1) is 21.0. The molecule has 0 aliphatic carbocycles. The van der Waals surface area contributed by atoms with Crippen molar-refractivity contribution in [3.05, 3.63) is 40.6 Å². The summed E-state index contributed by atoms with van der Waals surface area (Å²) >= 11 is 0. The lowest BCUT2D eigenvalue weighted by molar-refractivity contribution is -0.319. The number of phenolic OH excluding ortho intramolecular Hbond substituents is 2. The van der Waals surface area contributed by atoms with Crippen LogP contribution in [0.5, 0.6) is 28.7 Å². The van der Waals surface area contributed by atoms with Gasteiger partial charge in [-0.25, -0.2) is 0 Å². The Morgan fingerprint density at radius 1 is 0.977 bits per heavy atom. The van der Waals surface area contributed by atoms with Crippen molar-refractivity contribution in [1.82, 2.24) is 0 Å². The molecule has 5 rings (SSSR count). The number of benzene rings is 2. The molecule has 0 radical (unpaired) electrons. The largest absolute Gasteiger partial charge is 0.507 e. The highest BCUT2D eigenvalue weighted by molar-refractivity contribution is 5.88. The van der Waals surface area contributed by atoms with Gasteiger partial charge in [-0.3, -0.25) is 4.79 Å². The fraction of sp³-hybridized carbons (Fsp3) is 0.464. The van der Waals surface area contributed by atoms with Gasteiger partial charge in [-0.15, -0.1) is 0 Å². The van der Waals surface area contributed by atoms with Gasteiger partial charge >= 0.3 is 0 Å². The van der Waals surface area contributed by atoms with Crippen LogP contribution >= 0.6 is 0 Å². The van der Waals surface area contributed by atoms with E-state index in [1.54, 1.807) is 0 Å². The van der Waals surface area contributed by atoms with E-state index in [4.69, 9.17) is 32.8 Å². The first-order valence-corrected chi connectivity index (χ1v) is 13.3. The Balaban J connectivity index is 1.63. The van der Waals surface area contributed by atoms with E-state index in [0.29, 0.717) is 0 Å². The topological polar surface area (TPSA) is 247 Å². The smallest absolute Gasteiger partial charge is 0.239 e.